The van der Waals surface area contributed by atoms with E-state index in [0.29, 0.717) is 17.0 Å². The lowest BCUT2D eigenvalue weighted by molar-refractivity contribution is 0.414. The number of hydrogen-bond donors (Lipinski definition) is 0. The average Bonchev–Trinajstić information content (AvgIpc) is 3.25. The molecular weight excluding hydrogens is 478 g/mol. The lowest BCUT2D eigenvalue weighted by atomic mass is 9.91. The standard InChI is InChI=1S/C32H27NO3S/c1-23-14-18-27(19-15-23)37(34,35)33(2)32-29(20-16-24-10-6-4-7-11-24)28-21-17-26(36-3)22-30(28)31(32)25-12-8-5-9-13-25/h4-15,17-19,21-22,31H,1-3H3/t31-/m1/s1. The Hall–Kier alpha value is -4.27. The summed E-state index contributed by atoms with van der Waals surface area (Å²) in [6.45, 7) is 1.94. The zero-order valence-electron chi connectivity index (χ0n) is 21.0. The third kappa shape index (κ3) is 4.64. The molecule has 5 rings (SSSR count). The lowest BCUT2D eigenvalue weighted by Crippen LogP contribution is -2.29. The first-order valence-electron chi connectivity index (χ1n) is 12.0. The van der Waals surface area contributed by atoms with Crippen molar-refractivity contribution >= 4 is 15.6 Å². The molecule has 0 bridgehead atoms. The van der Waals surface area contributed by atoms with Crippen molar-refractivity contribution in [1.82, 2.24) is 4.31 Å². The highest BCUT2D eigenvalue weighted by Gasteiger charge is 2.38. The number of allylic oxidation sites excluding steroid dienone is 2. The van der Waals surface area contributed by atoms with Gasteiger partial charge in [-0.05, 0) is 66.1 Å². The van der Waals surface area contributed by atoms with Crippen molar-refractivity contribution in [2.24, 2.45) is 0 Å². The van der Waals surface area contributed by atoms with E-state index in [-0.39, 0.29) is 10.8 Å². The zero-order valence-corrected chi connectivity index (χ0v) is 21.8. The number of rotatable bonds is 5. The molecule has 0 saturated carbocycles. The van der Waals surface area contributed by atoms with E-state index in [1.54, 1.807) is 26.3 Å². The van der Waals surface area contributed by atoms with Crippen LogP contribution in [0.25, 0.3) is 5.57 Å². The fourth-order valence-electron chi connectivity index (χ4n) is 4.67. The van der Waals surface area contributed by atoms with Gasteiger partial charge in [-0.2, -0.15) is 0 Å². The predicted octanol–water partition coefficient (Wildman–Crippen LogP) is 6.23. The van der Waals surface area contributed by atoms with Crippen molar-refractivity contribution in [2.45, 2.75) is 17.7 Å². The fourth-order valence-corrected chi connectivity index (χ4v) is 5.92. The molecule has 0 amide bonds. The molecule has 0 spiro atoms. The molecule has 0 saturated heterocycles. The van der Waals surface area contributed by atoms with Crippen molar-refractivity contribution < 1.29 is 13.2 Å². The summed E-state index contributed by atoms with van der Waals surface area (Å²) in [7, 11) is -0.603. The van der Waals surface area contributed by atoms with Gasteiger partial charge in [-0.25, -0.2) is 8.42 Å². The van der Waals surface area contributed by atoms with E-state index in [1.165, 1.54) is 4.31 Å². The van der Waals surface area contributed by atoms with Crippen LogP contribution in [0.1, 0.15) is 33.7 Å². The summed E-state index contributed by atoms with van der Waals surface area (Å²) in [5, 5.41) is 0. The van der Waals surface area contributed by atoms with Gasteiger partial charge in [0.05, 0.1) is 29.2 Å². The summed E-state index contributed by atoms with van der Waals surface area (Å²) in [4.78, 5) is 0.240. The minimum Gasteiger partial charge on any atom is -0.497 e. The normalized spacial score (nSPS) is 14.5. The first-order chi connectivity index (χ1) is 17.9. The molecule has 0 unspecified atom stereocenters. The van der Waals surface area contributed by atoms with Gasteiger partial charge in [-0.15, -0.1) is 0 Å². The van der Waals surface area contributed by atoms with Gasteiger partial charge in [-0.3, -0.25) is 4.31 Å². The summed E-state index contributed by atoms with van der Waals surface area (Å²) >= 11 is 0. The maximum Gasteiger partial charge on any atom is 0.263 e. The number of benzene rings is 4. The van der Waals surface area contributed by atoms with Gasteiger partial charge in [0.2, 0.25) is 0 Å². The van der Waals surface area contributed by atoms with Crippen LogP contribution in [0.4, 0.5) is 0 Å². The number of methoxy groups -OCH3 is 1. The van der Waals surface area contributed by atoms with E-state index in [9.17, 15) is 8.42 Å². The largest absolute Gasteiger partial charge is 0.497 e. The van der Waals surface area contributed by atoms with Crippen molar-refractivity contribution in [1.29, 1.82) is 0 Å². The van der Waals surface area contributed by atoms with Crippen LogP contribution in [0.3, 0.4) is 0 Å². The maximum absolute atomic E-state index is 13.9. The van der Waals surface area contributed by atoms with E-state index >= 15 is 0 Å². The highest BCUT2D eigenvalue weighted by atomic mass is 32.2. The van der Waals surface area contributed by atoms with Crippen LogP contribution >= 0.6 is 0 Å². The SMILES string of the molecule is COc1ccc2c(c1)[C@@H](c1ccccc1)C(N(C)S(=O)(=O)c1ccc(C)cc1)=C2C#Cc1ccccc1. The van der Waals surface area contributed by atoms with Crippen molar-refractivity contribution in [2.75, 3.05) is 14.2 Å². The minimum absolute atomic E-state index is 0.240. The fraction of sp³-hybridized carbons (Fsp3) is 0.125. The molecule has 0 N–H and O–H groups in total. The molecule has 4 aromatic carbocycles. The summed E-state index contributed by atoms with van der Waals surface area (Å²) in [6, 6.07) is 32.4. The number of ether oxygens (including phenoxy) is 1. The summed E-state index contributed by atoms with van der Waals surface area (Å²) in [5.41, 5.74) is 6.01. The lowest BCUT2D eigenvalue weighted by Gasteiger charge is -2.27. The summed E-state index contributed by atoms with van der Waals surface area (Å²) < 4.78 is 34.8. The molecule has 0 fully saturated rings. The Kier molecular flexibility index (Phi) is 6.60. The van der Waals surface area contributed by atoms with Crippen LogP contribution < -0.4 is 4.74 Å². The van der Waals surface area contributed by atoms with Crippen LogP contribution in [0.15, 0.2) is 114 Å². The third-order valence-electron chi connectivity index (χ3n) is 6.63. The van der Waals surface area contributed by atoms with Gasteiger partial charge in [0, 0.05) is 12.6 Å². The molecule has 4 aromatic rings. The Morgan fingerprint density at radius 1 is 0.811 bits per heavy atom. The number of aryl methyl sites for hydroxylation is 1. The number of hydrogen-bond acceptors (Lipinski definition) is 3. The second-order valence-corrected chi connectivity index (χ2v) is 10.9. The second-order valence-electron chi connectivity index (χ2n) is 8.96. The molecule has 0 aliphatic heterocycles. The van der Waals surface area contributed by atoms with Gasteiger partial charge in [-0.1, -0.05) is 78.1 Å². The Balaban J connectivity index is 1.77. The average molecular weight is 506 g/mol. The first-order valence-corrected chi connectivity index (χ1v) is 13.4. The number of likely N-dealkylation sites (N-methyl/N-ethyl adjacent to an activating group) is 1. The molecule has 0 aromatic heterocycles. The minimum atomic E-state index is -3.85. The van der Waals surface area contributed by atoms with Crippen molar-refractivity contribution in [3.8, 4) is 17.6 Å². The Labute approximate surface area is 218 Å². The predicted molar refractivity (Wildman–Crippen MR) is 148 cm³/mol. The molecular formula is C32H27NO3S. The van der Waals surface area contributed by atoms with Gasteiger partial charge < -0.3 is 4.74 Å². The zero-order chi connectivity index (χ0) is 26.0. The van der Waals surface area contributed by atoms with E-state index in [2.05, 4.69) is 11.8 Å². The molecule has 1 atom stereocenters. The van der Waals surface area contributed by atoms with E-state index in [0.717, 1.165) is 27.8 Å². The number of nitrogens with zero attached hydrogens (tertiary/aromatic N) is 1. The summed E-state index contributed by atoms with van der Waals surface area (Å²) in [5.74, 6) is 6.96. The van der Waals surface area contributed by atoms with Crippen LogP contribution in [0, 0.1) is 18.8 Å². The smallest absolute Gasteiger partial charge is 0.263 e. The second kappa shape index (κ2) is 10.0. The van der Waals surface area contributed by atoms with Gasteiger partial charge >= 0.3 is 0 Å². The third-order valence-corrected chi connectivity index (χ3v) is 8.41. The highest BCUT2D eigenvalue weighted by Crippen LogP contribution is 2.48. The topological polar surface area (TPSA) is 46.6 Å². The Morgan fingerprint density at radius 3 is 2.11 bits per heavy atom. The van der Waals surface area contributed by atoms with E-state index in [4.69, 9.17) is 4.74 Å². The monoisotopic (exact) mass is 505 g/mol. The molecule has 1 aliphatic carbocycles. The molecule has 0 radical (unpaired) electrons. The van der Waals surface area contributed by atoms with Gasteiger partial charge in [0.1, 0.15) is 5.75 Å². The molecule has 184 valence electrons. The van der Waals surface area contributed by atoms with Crippen LogP contribution in [-0.4, -0.2) is 26.9 Å². The Morgan fingerprint density at radius 2 is 1.46 bits per heavy atom. The molecule has 1 aliphatic rings. The van der Waals surface area contributed by atoms with E-state index < -0.39 is 10.0 Å². The molecule has 5 heteroatoms. The highest BCUT2D eigenvalue weighted by molar-refractivity contribution is 7.89. The van der Waals surface area contributed by atoms with Crippen LogP contribution in [0.2, 0.25) is 0 Å². The summed E-state index contributed by atoms with van der Waals surface area (Å²) in [6.07, 6.45) is 0. The molecule has 4 nitrogen and oxygen atoms in total. The maximum atomic E-state index is 13.9. The van der Waals surface area contributed by atoms with Crippen molar-refractivity contribution in [3.05, 3.63) is 137 Å². The van der Waals surface area contributed by atoms with E-state index in [1.807, 2.05) is 97.9 Å². The molecule has 37 heavy (non-hydrogen) atoms. The van der Waals surface area contributed by atoms with Crippen molar-refractivity contribution in [3.63, 3.8) is 0 Å². The number of sulfonamides is 1. The number of fused-ring (bicyclic) bond motifs is 1. The Bertz CT molecular complexity index is 1630. The van der Waals surface area contributed by atoms with Gasteiger partial charge in [0.25, 0.3) is 10.0 Å². The van der Waals surface area contributed by atoms with Gasteiger partial charge in [0.15, 0.2) is 0 Å². The quantitative estimate of drug-likeness (QED) is 0.302. The van der Waals surface area contributed by atoms with Crippen LogP contribution in [-0.2, 0) is 10.0 Å². The first kappa shape index (κ1) is 24.4. The van der Waals surface area contributed by atoms with Crippen LogP contribution in [0.5, 0.6) is 5.75 Å². The molecule has 0 heterocycles.